The molecule has 0 aliphatic heterocycles. The van der Waals surface area contributed by atoms with Crippen LogP contribution < -0.4 is 10.6 Å². The van der Waals surface area contributed by atoms with Crippen molar-refractivity contribution in [3.05, 3.63) is 65.9 Å². The van der Waals surface area contributed by atoms with Gasteiger partial charge in [0.25, 0.3) is 0 Å². The first kappa shape index (κ1) is 18.5. The molecule has 0 saturated carbocycles. The standard InChI is InChI=1S/C19H17F2N3O3/c1-24-10-13(12-4-2-3-5-16(12)24)17(25)9-22-18(26)19(27)23-15-8-11(20)6-7-14(15)21/h2-8,10,17,25H,9H2,1H3,(H,22,26)(H,23,27). The Balaban J connectivity index is 1.64. The van der Waals surface area contributed by atoms with Crippen LogP contribution in [0, 0.1) is 11.6 Å². The molecule has 0 aliphatic rings. The third kappa shape index (κ3) is 3.95. The summed E-state index contributed by atoms with van der Waals surface area (Å²) in [6.45, 7) is -0.216. The molecule has 6 nitrogen and oxygen atoms in total. The maximum Gasteiger partial charge on any atom is 0.313 e. The second-order valence-corrected chi connectivity index (χ2v) is 6.02. The van der Waals surface area contributed by atoms with Crippen molar-refractivity contribution in [2.75, 3.05) is 11.9 Å². The summed E-state index contributed by atoms with van der Waals surface area (Å²) in [4.78, 5) is 23.7. The first-order chi connectivity index (χ1) is 12.9. The van der Waals surface area contributed by atoms with E-state index >= 15 is 0 Å². The third-order valence-electron chi connectivity index (χ3n) is 4.13. The fourth-order valence-corrected chi connectivity index (χ4v) is 2.79. The van der Waals surface area contributed by atoms with Crippen LogP contribution in [0.4, 0.5) is 14.5 Å². The SMILES string of the molecule is Cn1cc(C(O)CNC(=O)C(=O)Nc2cc(F)ccc2F)c2ccccc21. The zero-order chi connectivity index (χ0) is 19.6. The fourth-order valence-electron chi connectivity index (χ4n) is 2.79. The molecule has 140 valence electrons. The zero-order valence-corrected chi connectivity index (χ0v) is 14.4. The third-order valence-corrected chi connectivity index (χ3v) is 4.13. The second kappa shape index (κ2) is 7.55. The van der Waals surface area contributed by atoms with Crippen LogP contribution in [0.1, 0.15) is 11.7 Å². The molecule has 0 spiro atoms. The molecule has 27 heavy (non-hydrogen) atoms. The summed E-state index contributed by atoms with van der Waals surface area (Å²) >= 11 is 0. The predicted octanol–water partition coefficient (Wildman–Crippen LogP) is 2.24. The molecule has 0 radical (unpaired) electrons. The van der Waals surface area contributed by atoms with E-state index in [0.717, 1.165) is 29.1 Å². The van der Waals surface area contributed by atoms with Gasteiger partial charge in [0, 0.05) is 42.3 Å². The molecule has 0 bridgehead atoms. The number of carbonyl (C=O) groups excluding carboxylic acids is 2. The topological polar surface area (TPSA) is 83.4 Å². The molecule has 1 atom stereocenters. The molecular weight excluding hydrogens is 356 g/mol. The minimum Gasteiger partial charge on any atom is -0.386 e. The number of nitrogens with zero attached hydrogens (tertiary/aromatic N) is 1. The molecule has 3 aromatic rings. The van der Waals surface area contributed by atoms with Gasteiger partial charge in [-0.2, -0.15) is 0 Å². The molecule has 2 aromatic carbocycles. The summed E-state index contributed by atoms with van der Waals surface area (Å²) in [6, 6.07) is 9.94. The number of aliphatic hydroxyl groups is 1. The Bertz CT molecular complexity index is 1020. The maximum absolute atomic E-state index is 13.5. The number of aromatic nitrogens is 1. The number of aryl methyl sites for hydroxylation is 1. The van der Waals surface area contributed by atoms with E-state index in [0.29, 0.717) is 5.56 Å². The lowest BCUT2D eigenvalue weighted by atomic mass is 10.1. The van der Waals surface area contributed by atoms with Gasteiger partial charge in [0.05, 0.1) is 11.8 Å². The van der Waals surface area contributed by atoms with Crippen LogP contribution in [-0.4, -0.2) is 28.0 Å². The maximum atomic E-state index is 13.5. The quantitative estimate of drug-likeness (QED) is 0.614. The van der Waals surface area contributed by atoms with Gasteiger partial charge in [-0.25, -0.2) is 8.78 Å². The number of halogens is 2. The predicted molar refractivity (Wildman–Crippen MR) is 95.9 cm³/mol. The second-order valence-electron chi connectivity index (χ2n) is 6.02. The minimum absolute atomic E-state index is 0.216. The number of carbonyl (C=O) groups is 2. The molecule has 8 heteroatoms. The smallest absolute Gasteiger partial charge is 0.313 e. The highest BCUT2D eigenvalue weighted by atomic mass is 19.1. The van der Waals surface area contributed by atoms with E-state index in [-0.39, 0.29) is 6.54 Å². The normalized spacial score (nSPS) is 12.0. The summed E-state index contributed by atoms with van der Waals surface area (Å²) in [6.07, 6.45) is 0.697. The molecule has 1 aromatic heterocycles. The molecule has 2 amide bonds. The van der Waals surface area contributed by atoms with Gasteiger partial charge in [0.15, 0.2) is 0 Å². The largest absolute Gasteiger partial charge is 0.386 e. The van der Waals surface area contributed by atoms with E-state index in [1.54, 1.807) is 6.20 Å². The summed E-state index contributed by atoms with van der Waals surface area (Å²) in [5.74, 6) is -3.85. The number of hydrogen-bond donors (Lipinski definition) is 3. The zero-order valence-electron chi connectivity index (χ0n) is 14.4. The van der Waals surface area contributed by atoms with E-state index < -0.39 is 35.2 Å². The Kier molecular flexibility index (Phi) is 5.18. The number of amides is 2. The van der Waals surface area contributed by atoms with Crippen LogP contribution in [0.3, 0.4) is 0 Å². The molecule has 3 rings (SSSR count). The van der Waals surface area contributed by atoms with E-state index in [1.807, 2.05) is 41.2 Å². The minimum atomic E-state index is -1.16. The molecule has 3 N–H and O–H groups in total. The lowest BCUT2D eigenvalue weighted by Gasteiger charge is -2.12. The van der Waals surface area contributed by atoms with Crippen molar-refractivity contribution in [2.24, 2.45) is 7.05 Å². The summed E-state index contributed by atoms with van der Waals surface area (Å²) in [7, 11) is 1.83. The van der Waals surface area contributed by atoms with E-state index in [2.05, 4.69) is 5.32 Å². The first-order valence-electron chi connectivity index (χ1n) is 8.13. The lowest BCUT2D eigenvalue weighted by Crippen LogP contribution is -2.37. The Hall–Kier alpha value is -3.26. The number of para-hydroxylation sites is 1. The molecular formula is C19H17F2N3O3. The fraction of sp³-hybridized carbons (Fsp3) is 0.158. The molecule has 1 heterocycles. The van der Waals surface area contributed by atoms with Crippen LogP contribution in [-0.2, 0) is 16.6 Å². The van der Waals surface area contributed by atoms with Crippen molar-refractivity contribution in [1.82, 2.24) is 9.88 Å². The Morgan fingerprint density at radius 3 is 2.67 bits per heavy atom. The highest BCUT2D eigenvalue weighted by Gasteiger charge is 2.19. The number of hydrogen-bond acceptors (Lipinski definition) is 3. The van der Waals surface area contributed by atoms with Crippen LogP contribution in [0.25, 0.3) is 10.9 Å². The highest BCUT2D eigenvalue weighted by molar-refractivity contribution is 6.39. The Morgan fingerprint density at radius 1 is 1.15 bits per heavy atom. The van der Waals surface area contributed by atoms with Gasteiger partial charge in [0.2, 0.25) is 0 Å². The van der Waals surface area contributed by atoms with Crippen LogP contribution in [0.15, 0.2) is 48.7 Å². The number of aliphatic hydroxyl groups excluding tert-OH is 1. The van der Waals surface area contributed by atoms with E-state index in [9.17, 15) is 23.5 Å². The molecule has 0 aliphatic carbocycles. The monoisotopic (exact) mass is 373 g/mol. The first-order valence-corrected chi connectivity index (χ1v) is 8.13. The van der Waals surface area contributed by atoms with Gasteiger partial charge in [0.1, 0.15) is 11.6 Å². The van der Waals surface area contributed by atoms with Crippen LogP contribution in [0.5, 0.6) is 0 Å². The Morgan fingerprint density at radius 2 is 1.89 bits per heavy atom. The number of benzene rings is 2. The molecule has 0 saturated heterocycles. The van der Waals surface area contributed by atoms with E-state index in [1.165, 1.54) is 0 Å². The Labute approximate surface area is 153 Å². The van der Waals surface area contributed by atoms with Crippen molar-refractivity contribution in [3.63, 3.8) is 0 Å². The summed E-state index contributed by atoms with van der Waals surface area (Å²) in [5.41, 5.74) is 1.08. The average molecular weight is 373 g/mol. The number of anilines is 1. The van der Waals surface area contributed by atoms with Gasteiger partial charge >= 0.3 is 11.8 Å². The molecule has 0 fully saturated rings. The molecule has 1 unspecified atom stereocenters. The van der Waals surface area contributed by atoms with Gasteiger partial charge in [-0.1, -0.05) is 18.2 Å². The van der Waals surface area contributed by atoms with Crippen LogP contribution >= 0.6 is 0 Å². The van der Waals surface area contributed by atoms with Gasteiger partial charge in [-0.05, 0) is 18.2 Å². The van der Waals surface area contributed by atoms with Crippen molar-refractivity contribution < 1.29 is 23.5 Å². The van der Waals surface area contributed by atoms with Gasteiger partial charge < -0.3 is 20.3 Å². The average Bonchev–Trinajstić information content (AvgIpc) is 2.99. The number of fused-ring (bicyclic) bond motifs is 1. The highest BCUT2D eigenvalue weighted by Crippen LogP contribution is 2.25. The number of nitrogens with one attached hydrogen (secondary N) is 2. The van der Waals surface area contributed by atoms with Crippen LogP contribution in [0.2, 0.25) is 0 Å². The van der Waals surface area contributed by atoms with E-state index in [4.69, 9.17) is 0 Å². The summed E-state index contributed by atoms with van der Waals surface area (Å²) < 4.78 is 28.5. The summed E-state index contributed by atoms with van der Waals surface area (Å²) in [5, 5.41) is 15.5. The number of rotatable bonds is 4. The van der Waals surface area contributed by atoms with Gasteiger partial charge in [-0.15, -0.1) is 0 Å². The van der Waals surface area contributed by atoms with Crippen molar-refractivity contribution in [3.8, 4) is 0 Å². The van der Waals surface area contributed by atoms with Crippen molar-refractivity contribution >= 4 is 28.4 Å². The van der Waals surface area contributed by atoms with Crippen molar-refractivity contribution in [2.45, 2.75) is 6.10 Å². The lowest BCUT2D eigenvalue weighted by molar-refractivity contribution is -0.136. The van der Waals surface area contributed by atoms with Gasteiger partial charge in [-0.3, -0.25) is 9.59 Å². The van der Waals surface area contributed by atoms with Crippen molar-refractivity contribution in [1.29, 1.82) is 0 Å².